The van der Waals surface area contributed by atoms with Crippen LogP contribution in [0.2, 0.25) is 0 Å². The van der Waals surface area contributed by atoms with Crippen molar-refractivity contribution in [1.29, 1.82) is 0 Å². The molecule has 2 saturated carbocycles. The highest BCUT2D eigenvalue weighted by Crippen LogP contribution is 2.62. The average Bonchev–Trinajstić information content (AvgIpc) is 3.07. The largest absolute Gasteiger partial charge is 0.461 e. The molecule has 5 heteroatoms. The molecule has 0 spiro atoms. The van der Waals surface area contributed by atoms with Gasteiger partial charge in [-0.25, -0.2) is 0 Å². The van der Waals surface area contributed by atoms with E-state index < -0.39 is 11.8 Å². The molecule has 0 aromatic heterocycles. The molecule has 3 aliphatic rings. The third-order valence-electron chi connectivity index (χ3n) is 4.49. The Hall–Kier alpha value is -1.62. The second-order valence-corrected chi connectivity index (χ2v) is 5.52. The maximum Gasteiger partial charge on any atom is 0.310 e. The number of hydrogen-bond donors (Lipinski definition) is 0. The summed E-state index contributed by atoms with van der Waals surface area (Å²) in [5.74, 6) is -1.40. The quantitative estimate of drug-likeness (QED) is 0.413. The van der Waals surface area contributed by atoms with Crippen LogP contribution < -0.4 is 0 Å². The van der Waals surface area contributed by atoms with Crippen LogP contribution in [0.4, 0.5) is 0 Å². The lowest BCUT2D eigenvalue weighted by Crippen LogP contribution is -2.39. The molecule has 3 fully saturated rings. The van der Waals surface area contributed by atoms with Gasteiger partial charge in [0, 0.05) is 11.8 Å². The number of carbonyl (C=O) groups excluding carboxylic acids is 2. The first kappa shape index (κ1) is 13.4. The molecule has 0 aromatic carbocycles. The molecule has 1 saturated heterocycles. The maximum atomic E-state index is 12.2. The molecule has 2 bridgehead atoms. The van der Waals surface area contributed by atoms with Crippen LogP contribution in [0.5, 0.6) is 0 Å². The first-order chi connectivity index (χ1) is 9.69. The molecule has 108 valence electrons. The number of rotatable bonds is 6. The fraction of sp³-hybridized carbons (Fsp3) is 0.600. The summed E-state index contributed by atoms with van der Waals surface area (Å²) in [6.45, 7) is 7.37. The summed E-state index contributed by atoms with van der Waals surface area (Å²) in [6.07, 6.45) is 4.14. The third-order valence-corrected chi connectivity index (χ3v) is 4.49. The molecule has 6 atom stereocenters. The average molecular weight is 278 g/mol. The van der Waals surface area contributed by atoms with Crippen molar-refractivity contribution in [1.82, 2.24) is 0 Å². The molecule has 2 aliphatic carbocycles. The molecule has 20 heavy (non-hydrogen) atoms. The number of epoxide rings is 1. The number of fused-ring (bicyclic) bond motifs is 5. The van der Waals surface area contributed by atoms with Gasteiger partial charge in [0.05, 0.1) is 24.0 Å². The Morgan fingerprint density at radius 3 is 1.85 bits per heavy atom. The minimum Gasteiger partial charge on any atom is -0.461 e. The van der Waals surface area contributed by atoms with Crippen molar-refractivity contribution in [3.63, 3.8) is 0 Å². The van der Waals surface area contributed by atoms with Crippen molar-refractivity contribution >= 4 is 11.9 Å². The van der Waals surface area contributed by atoms with Gasteiger partial charge in [-0.05, 0) is 6.42 Å². The molecule has 1 heterocycles. The van der Waals surface area contributed by atoms with Crippen molar-refractivity contribution in [2.24, 2.45) is 23.7 Å². The number of hydrogen-bond acceptors (Lipinski definition) is 5. The topological polar surface area (TPSA) is 65.1 Å². The Bertz CT molecular complexity index is 417. The third kappa shape index (κ3) is 1.97. The number of esters is 2. The van der Waals surface area contributed by atoms with Crippen molar-refractivity contribution in [3.8, 4) is 0 Å². The summed E-state index contributed by atoms with van der Waals surface area (Å²) in [5, 5.41) is 0. The van der Waals surface area contributed by atoms with E-state index in [0.29, 0.717) is 0 Å². The second-order valence-electron chi connectivity index (χ2n) is 5.52. The fourth-order valence-electron chi connectivity index (χ4n) is 3.76. The molecule has 0 radical (unpaired) electrons. The zero-order valence-electron chi connectivity index (χ0n) is 11.2. The smallest absolute Gasteiger partial charge is 0.310 e. The van der Waals surface area contributed by atoms with E-state index >= 15 is 0 Å². The van der Waals surface area contributed by atoms with Gasteiger partial charge in [-0.1, -0.05) is 25.3 Å². The Kier molecular flexibility index (Phi) is 3.38. The monoisotopic (exact) mass is 278 g/mol. The van der Waals surface area contributed by atoms with Crippen LogP contribution in [0.25, 0.3) is 0 Å². The number of ether oxygens (including phenoxy) is 3. The van der Waals surface area contributed by atoms with E-state index in [4.69, 9.17) is 14.2 Å². The maximum absolute atomic E-state index is 12.2. The van der Waals surface area contributed by atoms with Crippen molar-refractivity contribution in [3.05, 3.63) is 25.3 Å². The second kappa shape index (κ2) is 5.05. The van der Waals surface area contributed by atoms with Crippen LogP contribution in [-0.4, -0.2) is 37.4 Å². The van der Waals surface area contributed by atoms with Gasteiger partial charge >= 0.3 is 11.9 Å². The summed E-state index contributed by atoms with van der Waals surface area (Å²) >= 11 is 0. The lowest BCUT2D eigenvalue weighted by Gasteiger charge is -2.25. The van der Waals surface area contributed by atoms with Crippen LogP contribution in [0.3, 0.4) is 0 Å². The van der Waals surface area contributed by atoms with Gasteiger partial charge in [0.1, 0.15) is 13.2 Å². The standard InChI is InChI=1S/C15H18O5/c1-3-5-18-14(16)10-8-7-9(13-12(8)20-13)11(10)15(17)19-6-4-2/h3-4,8-13H,1-2,5-7H2. The fourth-order valence-corrected chi connectivity index (χ4v) is 3.76. The molecule has 1 aliphatic heterocycles. The zero-order valence-corrected chi connectivity index (χ0v) is 11.2. The van der Waals surface area contributed by atoms with Crippen molar-refractivity contribution in [2.75, 3.05) is 13.2 Å². The highest BCUT2D eigenvalue weighted by Gasteiger charge is 2.71. The zero-order chi connectivity index (χ0) is 14.3. The first-order valence-corrected chi connectivity index (χ1v) is 6.89. The molecule has 5 nitrogen and oxygen atoms in total. The minimum atomic E-state index is -0.444. The summed E-state index contributed by atoms with van der Waals surface area (Å²) in [4.78, 5) is 24.4. The highest BCUT2D eigenvalue weighted by atomic mass is 16.6. The van der Waals surface area contributed by atoms with Gasteiger partial charge in [-0.2, -0.15) is 0 Å². The van der Waals surface area contributed by atoms with Crippen molar-refractivity contribution < 1.29 is 23.8 Å². The van der Waals surface area contributed by atoms with Gasteiger partial charge < -0.3 is 14.2 Å². The molecule has 0 amide bonds. The molecule has 3 rings (SSSR count). The first-order valence-electron chi connectivity index (χ1n) is 6.89. The Labute approximate surface area is 117 Å². The van der Waals surface area contributed by atoms with Gasteiger partial charge in [0.15, 0.2) is 0 Å². The van der Waals surface area contributed by atoms with Crippen LogP contribution in [0.15, 0.2) is 25.3 Å². The SMILES string of the molecule is C=CCOC(=O)C1C2CC(C3OC23)C1C(=O)OCC=C. The van der Waals surface area contributed by atoms with Gasteiger partial charge in [0.2, 0.25) is 0 Å². The Morgan fingerprint density at radius 2 is 1.45 bits per heavy atom. The van der Waals surface area contributed by atoms with E-state index in [1.165, 1.54) is 12.2 Å². The minimum absolute atomic E-state index is 0.0867. The van der Waals surface area contributed by atoms with Gasteiger partial charge in [0.25, 0.3) is 0 Å². The predicted molar refractivity (Wildman–Crippen MR) is 69.6 cm³/mol. The van der Waals surface area contributed by atoms with E-state index in [2.05, 4.69) is 13.2 Å². The van der Waals surface area contributed by atoms with E-state index in [1.807, 2.05) is 0 Å². The lowest BCUT2D eigenvalue weighted by molar-refractivity contribution is -0.161. The van der Waals surface area contributed by atoms with E-state index in [9.17, 15) is 9.59 Å². The van der Waals surface area contributed by atoms with E-state index in [0.717, 1.165) is 6.42 Å². The van der Waals surface area contributed by atoms with Crippen LogP contribution in [0, 0.1) is 23.7 Å². The summed E-state index contributed by atoms with van der Waals surface area (Å²) in [6, 6.07) is 0. The number of carbonyl (C=O) groups is 2. The van der Waals surface area contributed by atoms with Crippen LogP contribution in [0.1, 0.15) is 6.42 Å². The molecular weight excluding hydrogens is 260 g/mol. The molecule has 0 aromatic rings. The Balaban J connectivity index is 1.74. The van der Waals surface area contributed by atoms with Crippen molar-refractivity contribution in [2.45, 2.75) is 18.6 Å². The van der Waals surface area contributed by atoms with Crippen LogP contribution in [-0.2, 0) is 23.8 Å². The predicted octanol–water partition coefficient (Wildman–Crippen LogP) is 1.09. The highest BCUT2D eigenvalue weighted by molar-refractivity contribution is 5.84. The van der Waals surface area contributed by atoms with Gasteiger partial charge in [-0.15, -0.1) is 0 Å². The molecule has 6 unspecified atom stereocenters. The summed E-state index contributed by atoms with van der Waals surface area (Å²) in [5.41, 5.74) is 0. The van der Waals surface area contributed by atoms with Gasteiger partial charge in [-0.3, -0.25) is 9.59 Å². The molecular formula is C15H18O5. The normalized spacial score (nSPS) is 39.8. The summed E-state index contributed by atoms with van der Waals surface area (Å²) in [7, 11) is 0. The Morgan fingerprint density at radius 1 is 1.00 bits per heavy atom. The van der Waals surface area contributed by atoms with E-state index in [-0.39, 0.29) is 49.2 Å². The summed E-state index contributed by atoms with van der Waals surface area (Å²) < 4.78 is 15.8. The lowest BCUT2D eigenvalue weighted by atomic mass is 9.79. The van der Waals surface area contributed by atoms with E-state index in [1.54, 1.807) is 0 Å². The van der Waals surface area contributed by atoms with Crippen LogP contribution >= 0.6 is 0 Å². The molecule has 0 N–H and O–H groups in total.